The molecule has 1 aliphatic heterocycles. The van der Waals surface area contributed by atoms with E-state index in [4.69, 9.17) is 10.5 Å². The Balaban J connectivity index is 1.61. The van der Waals surface area contributed by atoms with Crippen molar-refractivity contribution in [3.8, 4) is 0 Å². The van der Waals surface area contributed by atoms with Gasteiger partial charge in [0, 0.05) is 18.5 Å². The van der Waals surface area contributed by atoms with E-state index in [1.807, 2.05) is 5.38 Å². The molecule has 1 atom stereocenters. The molecule has 1 aliphatic rings. The normalized spacial score (nSPS) is 19.4. The molecule has 1 aromatic rings. The molecular formula is C11H17N3O2S. The second-order valence-corrected chi connectivity index (χ2v) is 4.96. The Morgan fingerprint density at radius 2 is 2.59 bits per heavy atom. The van der Waals surface area contributed by atoms with Crippen LogP contribution in [0.4, 0.5) is 5.13 Å². The van der Waals surface area contributed by atoms with Gasteiger partial charge in [0.15, 0.2) is 5.13 Å². The first-order valence-corrected chi connectivity index (χ1v) is 6.73. The largest absolute Gasteiger partial charge is 0.375 e. The van der Waals surface area contributed by atoms with Gasteiger partial charge in [0.1, 0.15) is 6.10 Å². The summed E-state index contributed by atoms with van der Waals surface area (Å²) in [5.41, 5.74) is 6.53. The number of aryl methyl sites for hydroxylation is 1. The molecule has 0 spiro atoms. The molecule has 0 radical (unpaired) electrons. The Labute approximate surface area is 104 Å². The number of rotatable bonds is 5. The molecule has 1 aromatic heterocycles. The zero-order valence-corrected chi connectivity index (χ0v) is 10.5. The van der Waals surface area contributed by atoms with Gasteiger partial charge < -0.3 is 15.8 Å². The summed E-state index contributed by atoms with van der Waals surface area (Å²) < 4.78 is 5.29. The molecule has 1 fully saturated rings. The molecule has 3 N–H and O–H groups in total. The number of carbonyl (C=O) groups is 1. The highest BCUT2D eigenvalue weighted by atomic mass is 32.1. The van der Waals surface area contributed by atoms with Crippen molar-refractivity contribution in [2.45, 2.75) is 31.8 Å². The topological polar surface area (TPSA) is 77.2 Å². The van der Waals surface area contributed by atoms with Crippen molar-refractivity contribution in [1.29, 1.82) is 0 Å². The second-order valence-electron chi connectivity index (χ2n) is 4.07. The van der Waals surface area contributed by atoms with Gasteiger partial charge in [0.25, 0.3) is 0 Å². The van der Waals surface area contributed by atoms with Crippen molar-refractivity contribution in [3.63, 3.8) is 0 Å². The van der Waals surface area contributed by atoms with E-state index >= 15 is 0 Å². The van der Waals surface area contributed by atoms with Crippen molar-refractivity contribution in [2.75, 3.05) is 18.9 Å². The molecule has 0 bridgehead atoms. The third-order valence-electron chi connectivity index (χ3n) is 2.70. The molecule has 94 valence electrons. The standard InChI is InChI=1S/C11H17N3O2S/c12-11-14-8(7-17-11)3-1-5-13-10(15)9-4-2-6-16-9/h7,9H,1-6H2,(H2,12,14)(H,13,15)/t9-/m1/s1. The Bertz CT molecular complexity index is 375. The summed E-state index contributed by atoms with van der Waals surface area (Å²) in [6.45, 7) is 1.37. The zero-order valence-electron chi connectivity index (χ0n) is 9.65. The summed E-state index contributed by atoms with van der Waals surface area (Å²) in [6, 6.07) is 0. The summed E-state index contributed by atoms with van der Waals surface area (Å²) in [4.78, 5) is 15.8. The van der Waals surface area contributed by atoms with Gasteiger partial charge in [-0.25, -0.2) is 4.98 Å². The maximum absolute atomic E-state index is 11.6. The van der Waals surface area contributed by atoms with Crippen LogP contribution >= 0.6 is 11.3 Å². The average Bonchev–Trinajstić information content (AvgIpc) is 2.95. The first-order chi connectivity index (χ1) is 8.25. The van der Waals surface area contributed by atoms with E-state index in [0.717, 1.165) is 31.4 Å². The van der Waals surface area contributed by atoms with Crippen LogP contribution in [0.1, 0.15) is 25.0 Å². The number of nitrogens with zero attached hydrogens (tertiary/aromatic N) is 1. The van der Waals surface area contributed by atoms with Crippen molar-refractivity contribution in [2.24, 2.45) is 0 Å². The van der Waals surface area contributed by atoms with E-state index in [0.29, 0.717) is 18.3 Å². The summed E-state index contributed by atoms with van der Waals surface area (Å²) in [5, 5.41) is 5.44. The number of ether oxygens (including phenoxy) is 1. The predicted molar refractivity (Wildman–Crippen MR) is 66.8 cm³/mol. The Hall–Kier alpha value is -1.14. The maximum Gasteiger partial charge on any atom is 0.249 e. The predicted octanol–water partition coefficient (Wildman–Crippen LogP) is 0.953. The second kappa shape index (κ2) is 5.97. The fraction of sp³-hybridized carbons (Fsp3) is 0.636. The number of anilines is 1. The van der Waals surface area contributed by atoms with E-state index in [-0.39, 0.29) is 12.0 Å². The van der Waals surface area contributed by atoms with Gasteiger partial charge in [-0.15, -0.1) is 11.3 Å². The number of thiazole rings is 1. The van der Waals surface area contributed by atoms with Crippen LogP contribution in [0.25, 0.3) is 0 Å². The monoisotopic (exact) mass is 255 g/mol. The SMILES string of the molecule is Nc1nc(CCCNC(=O)[C@H]2CCCO2)cs1. The zero-order chi connectivity index (χ0) is 12.1. The quantitative estimate of drug-likeness (QED) is 0.768. The third-order valence-corrected chi connectivity index (χ3v) is 3.42. The van der Waals surface area contributed by atoms with Crippen molar-refractivity contribution in [3.05, 3.63) is 11.1 Å². The molecular weight excluding hydrogens is 238 g/mol. The Morgan fingerprint density at radius 1 is 1.71 bits per heavy atom. The maximum atomic E-state index is 11.6. The lowest BCUT2D eigenvalue weighted by atomic mass is 10.2. The van der Waals surface area contributed by atoms with E-state index in [9.17, 15) is 4.79 Å². The minimum Gasteiger partial charge on any atom is -0.375 e. The minimum atomic E-state index is -0.232. The van der Waals surface area contributed by atoms with Crippen LogP contribution in [-0.4, -0.2) is 30.1 Å². The molecule has 2 heterocycles. The summed E-state index contributed by atoms with van der Waals surface area (Å²) in [5.74, 6) is 0.0142. The van der Waals surface area contributed by atoms with E-state index in [2.05, 4.69) is 10.3 Å². The van der Waals surface area contributed by atoms with Crippen LogP contribution in [0.5, 0.6) is 0 Å². The molecule has 0 aromatic carbocycles. The highest BCUT2D eigenvalue weighted by Gasteiger charge is 2.22. The van der Waals surface area contributed by atoms with Gasteiger partial charge in [0.2, 0.25) is 5.91 Å². The van der Waals surface area contributed by atoms with Gasteiger partial charge >= 0.3 is 0 Å². The van der Waals surface area contributed by atoms with Gasteiger partial charge in [-0.1, -0.05) is 0 Å². The molecule has 6 heteroatoms. The van der Waals surface area contributed by atoms with Crippen LogP contribution in [0, 0.1) is 0 Å². The van der Waals surface area contributed by atoms with Crippen LogP contribution in [0.3, 0.4) is 0 Å². The first-order valence-electron chi connectivity index (χ1n) is 5.85. The van der Waals surface area contributed by atoms with Crippen LogP contribution in [0.15, 0.2) is 5.38 Å². The molecule has 2 rings (SSSR count). The third kappa shape index (κ3) is 3.67. The van der Waals surface area contributed by atoms with Crippen LogP contribution in [-0.2, 0) is 16.0 Å². The molecule has 5 nitrogen and oxygen atoms in total. The van der Waals surface area contributed by atoms with Crippen LogP contribution in [0.2, 0.25) is 0 Å². The summed E-state index contributed by atoms with van der Waals surface area (Å²) in [7, 11) is 0. The van der Waals surface area contributed by atoms with Gasteiger partial charge in [-0.3, -0.25) is 4.79 Å². The Kier molecular flexibility index (Phi) is 4.33. The molecule has 0 aliphatic carbocycles. The van der Waals surface area contributed by atoms with Gasteiger partial charge in [0.05, 0.1) is 5.69 Å². The molecule has 0 unspecified atom stereocenters. The van der Waals surface area contributed by atoms with E-state index in [1.165, 1.54) is 11.3 Å². The number of nitrogens with one attached hydrogen (secondary N) is 1. The first kappa shape index (κ1) is 12.3. The Morgan fingerprint density at radius 3 is 3.24 bits per heavy atom. The number of carbonyl (C=O) groups excluding carboxylic acids is 1. The van der Waals surface area contributed by atoms with Gasteiger partial charge in [-0.2, -0.15) is 0 Å². The van der Waals surface area contributed by atoms with Crippen LogP contribution < -0.4 is 11.1 Å². The lowest BCUT2D eigenvalue weighted by molar-refractivity contribution is -0.130. The summed E-state index contributed by atoms with van der Waals surface area (Å²) in [6.07, 6.45) is 3.32. The molecule has 0 saturated carbocycles. The fourth-order valence-electron chi connectivity index (χ4n) is 1.82. The highest BCUT2D eigenvalue weighted by molar-refractivity contribution is 7.13. The molecule has 17 heavy (non-hydrogen) atoms. The van der Waals surface area contributed by atoms with E-state index in [1.54, 1.807) is 0 Å². The summed E-state index contributed by atoms with van der Waals surface area (Å²) >= 11 is 1.45. The lowest BCUT2D eigenvalue weighted by Gasteiger charge is -2.09. The molecule has 1 amide bonds. The minimum absolute atomic E-state index is 0.0142. The lowest BCUT2D eigenvalue weighted by Crippen LogP contribution is -2.34. The number of nitrogens with two attached hydrogens (primary N) is 1. The number of hydrogen-bond donors (Lipinski definition) is 2. The smallest absolute Gasteiger partial charge is 0.249 e. The van der Waals surface area contributed by atoms with Gasteiger partial charge in [-0.05, 0) is 25.7 Å². The number of hydrogen-bond acceptors (Lipinski definition) is 5. The number of amides is 1. The molecule has 1 saturated heterocycles. The van der Waals surface area contributed by atoms with Crippen molar-refractivity contribution >= 4 is 22.4 Å². The van der Waals surface area contributed by atoms with Crippen molar-refractivity contribution < 1.29 is 9.53 Å². The number of nitrogen functional groups attached to an aromatic ring is 1. The number of aromatic nitrogens is 1. The fourth-order valence-corrected chi connectivity index (χ4v) is 2.41. The highest BCUT2D eigenvalue weighted by Crippen LogP contribution is 2.13. The van der Waals surface area contributed by atoms with E-state index < -0.39 is 0 Å². The average molecular weight is 255 g/mol. The van der Waals surface area contributed by atoms with Crippen molar-refractivity contribution in [1.82, 2.24) is 10.3 Å².